The van der Waals surface area contributed by atoms with Crippen molar-refractivity contribution >= 4 is 22.7 Å². The van der Waals surface area contributed by atoms with Crippen molar-refractivity contribution in [3.8, 4) is 17.2 Å². The van der Waals surface area contributed by atoms with Crippen molar-refractivity contribution in [3.05, 3.63) is 89.2 Å². The van der Waals surface area contributed by atoms with Crippen LogP contribution in [0.1, 0.15) is 28.5 Å². The Hall–Kier alpha value is -3.31. The molecule has 0 bridgehead atoms. The van der Waals surface area contributed by atoms with E-state index in [-0.39, 0.29) is 5.89 Å². The lowest BCUT2D eigenvalue weighted by Gasteiger charge is -2.06. The molecule has 0 spiro atoms. The van der Waals surface area contributed by atoms with Crippen molar-refractivity contribution in [3.63, 3.8) is 0 Å². The summed E-state index contributed by atoms with van der Waals surface area (Å²) in [6.45, 7) is 4.24. The summed E-state index contributed by atoms with van der Waals surface area (Å²) in [7, 11) is 0. The molecule has 0 radical (unpaired) electrons. The molecule has 0 aliphatic heterocycles. The van der Waals surface area contributed by atoms with E-state index in [1.807, 2.05) is 74.5 Å². The maximum Gasteiger partial charge on any atom is 0.259 e. The average molecular weight is 407 g/mol. The van der Waals surface area contributed by atoms with E-state index in [9.17, 15) is 0 Å². The molecule has 0 amide bonds. The van der Waals surface area contributed by atoms with Crippen LogP contribution in [0.2, 0.25) is 0 Å². The molecule has 146 valence electrons. The normalized spacial score (nSPS) is 11.6. The molecule has 29 heavy (non-hydrogen) atoms. The number of hydrogen-bond donors (Lipinski definition) is 0. The molecule has 6 heteroatoms. The number of aryl methyl sites for hydroxylation is 2. The van der Waals surface area contributed by atoms with Crippen molar-refractivity contribution in [1.29, 1.82) is 0 Å². The SMILES string of the molecule is Cc1cc(-c2nnc(/C(Cl)=C/c3ccc(OCc4ccccc4)cc3)o2)c(C)o1. The topological polar surface area (TPSA) is 61.3 Å². The van der Waals surface area contributed by atoms with Crippen molar-refractivity contribution in [2.45, 2.75) is 20.5 Å². The molecule has 0 fully saturated rings. The second-order valence-electron chi connectivity index (χ2n) is 6.57. The van der Waals surface area contributed by atoms with Gasteiger partial charge in [-0.25, -0.2) is 0 Å². The average Bonchev–Trinajstić information content (AvgIpc) is 3.34. The largest absolute Gasteiger partial charge is 0.489 e. The fourth-order valence-electron chi connectivity index (χ4n) is 2.88. The third-order valence-corrected chi connectivity index (χ3v) is 4.59. The van der Waals surface area contributed by atoms with Crippen LogP contribution in [0.5, 0.6) is 5.75 Å². The van der Waals surface area contributed by atoms with Gasteiger partial charge in [-0.3, -0.25) is 0 Å². The fourth-order valence-corrected chi connectivity index (χ4v) is 3.08. The van der Waals surface area contributed by atoms with Crippen LogP contribution in [0.3, 0.4) is 0 Å². The molecule has 4 aromatic rings. The van der Waals surface area contributed by atoms with Gasteiger partial charge in [-0.2, -0.15) is 0 Å². The fraction of sp³-hybridized carbons (Fsp3) is 0.130. The highest BCUT2D eigenvalue weighted by Gasteiger charge is 2.16. The first-order chi connectivity index (χ1) is 14.1. The smallest absolute Gasteiger partial charge is 0.259 e. The summed E-state index contributed by atoms with van der Waals surface area (Å²) in [5.41, 5.74) is 2.79. The molecule has 5 nitrogen and oxygen atoms in total. The minimum absolute atomic E-state index is 0.254. The van der Waals surface area contributed by atoms with E-state index >= 15 is 0 Å². The molecular formula is C23H19ClN2O3. The Morgan fingerprint density at radius 1 is 1.00 bits per heavy atom. The Morgan fingerprint density at radius 3 is 2.45 bits per heavy atom. The van der Waals surface area contributed by atoms with Gasteiger partial charge in [0, 0.05) is 0 Å². The molecule has 2 aromatic heterocycles. The summed E-state index contributed by atoms with van der Waals surface area (Å²) in [5.74, 6) is 2.93. The van der Waals surface area contributed by atoms with Crippen LogP contribution in [0.4, 0.5) is 0 Å². The van der Waals surface area contributed by atoms with Gasteiger partial charge in [0.1, 0.15) is 28.9 Å². The van der Waals surface area contributed by atoms with E-state index in [0.717, 1.165) is 34.0 Å². The Morgan fingerprint density at radius 2 is 1.76 bits per heavy atom. The van der Waals surface area contributed by atoms with Gasteiger partial charge in [0.05, 0.1) is 5.56 Å². The monoisotopic (exact) mass is 406 g/mol. The molecule has 0 saturated heterocycles. The van der Waals surface area contributed by atoms with Crippen molar-refractivity contribution in [2.24, 2.45) is 0 Å². The molecular weight excluding hydrogens is 388 g/mol. The number of hydrogen-bond acceptors (Lipinski definition) is 5. The van der Waals surface area contributed by atoms with E-state index in [1.165, 1.54) is 0 Å². The molecule has 0 aliphatic rings. The first-order valence-corrected chi connectivity index (χ1v) is 9.51. The van der Waals surface area contributed by atoms with Gasteiger partial charge in [-0.1, -0.05) is 54.1 Å². The van der Waals surface area contributed by atoms with Gasteiger partial charge >= 0.3 is 0 Å². The van der Waals surface area contributed by atoms with Crippen LogP contribution in [0, 0.1) is 13.8 Å². The summed E-state index contributed by atoms with van der Waals surface area (Å²) in [5, 5.41) is 8.47. The predicted molar refractivity (Wildman–Crippen MR) is 112 cm³/mol. The van der Waals surface area contributed by atoms with Crippen molar-refractivity contribution in [2.75, 3.05) is 0 Å². The number of benzene rings is 2. The lowest BCUT2D eigenvalue weighted by molar-refractivity contribution is 0.306. The zero-order chi connectivity index (χ0) is 20.2. The Kier molecular flexibility index (Phi) is 5.49. The lowest BCUT2D eigenvalue weighted by Crippen LogP contribution is -1.94. The van der Waals surface area contributed by atoms with Crippen molar-refractivity contribution < 1.29 is 13.6 Å². The van der Waals surface area contributed by atoms with Crippen LogP contribution in [0.15, 0.2) is 69.5 Å². The third-order valence-electron chi connectivity index (χ3n) is 4.32. The van der Waals surface area contributed by atoms with Crippen LogP contribution in [-0.4, -0.2) is 10.2 Å². The highest BCUT2D eigenvalue weighted by molar-refractivity contribution is 6.50. The summed E-state index contributed by atoms with van der Waals surface area (Å²) >= 11 is 6.38. The summed E-state index contributed by atoms with van der Waals surface area (Å²) in [6.07, 6.45) is 1.77. The first-order valence-electron chi connectivity index (χ1n) is 9.14. The van der Waals surface area contributed by atoms with Gasteiger partial charge in [-0.15, -0.1) is 10.2 Å². The molecule has 2 aromatic carbocycles. The second kappa shape index (κ2) is 8.37. The number of halogens is 1. The quantitative estimate of drug-likeness (QED) is 0.378. The van der Waals surface area contributed by atoms with Crippen LogP contribution in [0.25, 0.3) is 22.6 Å². The summed E-state index contributed by atoms with van der Waals surface area (Å²) in [6, 6.07) is 19.5. The number of furan rings is 1. The Labute approximate surface area is 173 Å². The van der Waals surface area contributed by atoms with Gasteiger partial charge in [0.25, 0.3) is 11.8 Å². The van der Waals surface area contributed by atoms with E-state index < -0.39 is 0 Å². The minimum Gasteiger partial charge on any atom is -0.489 e. The highest BCUT2D eigenvalue weighted by atomic mass is 35.5. The minimum atomic E-state index is 0.254. The van der Waals surface area contributed by atoms with Crippen LogP contribution < -0.4 is 4.74 Å². The predicted octanol–water partition coefficient (Wildman–Crippen LogP) is 6.26. The summed E-state index contributed by atoms with van der Waals surface area (Å²) < 4.78 is 17.0. The van der Waals surface area contributed by atoms with Gasteiger partial charge < -0.3 is 13.6 Å². The lowest BCUT2D eigenvalue weighted by atomic mass is 10.2. The number of ether oxygens (including phenoxy) is 1. The Balaban J connectivity index is 1.44. The molecule has 0 atom stereocenters. The zero-order valence-electron chi connectivity index (χ0n) is 16.1. The maximum atomic E-state index is 6.38. The van der Waals surface area contributed by atoms with Crippen molar-refractivity contribution in [1.82, 2.24) is 10.2 Å². The summed E-state index contributed by atoms with van der Waals surface area (Å²) in [4.78, 5) is 0. The highest BCUT2D eigenvalue weighted by Crippen LogP contribution is 2.29. The van der Waals surface area contributed by atoms with Gasteiger partial charge in [0.2, 0.25) is 0 Å². The molecule has 4 rings (SSSR count). The van der Waals surface area contributed by atoms with Gasteiger partial charge in [0.15, 0.2) is 0 Å². The first kappa shape index (κ1) is 19.0. The zero-order valence-corrected chi connectivity index (χ0v) is 16.8. The van der Waals surface area contributed by atoms with E-state index in [2.05, 4.69) is 10.2 Å². The van der Waals surface area contributed by atoms with E-state index in [1.54, 1.807) is 6.08 Å². The van der Waals surface area contributed by atoms with Crippen LogP contribution >= 0.6 is 11.6 Å². The number of rotatable bonds is 6. The molecule has 0 N–H and O–H groups in total. The van der Waals surface area contributed by atoms with E-state index in [4.69, 9.17) is 25.2 Å². The van der Waals surface area contributed by atoms with Gasteiger partial charge in [-0.05, 0) is 49.2 Å². The Bertz CT molecular complexity index is 1130. The molecule has 0 unspecified atom stereocenters. The molecule has 0 aliphatic carbocycles. The third kappa shape index (κ3) is 4.58. The number of nitrogens with zero attached hydrogens (tertiary/aromatic N) is 2. The second-order valence-corrected chi connectivity index (χ2v) is 6.98. The molecule has 2 heterocycles. The maximum absolute atomic E-state index is 6.38. The molecule has 0 saturated carbocycles. The van der Waals surface area contributed by atoms with E-state index in [0.29, 0.717) is 17.5 Å². The number of aromatic nitrogens is 2. The van der Waals surface area contributed by atoms with Crippen LogP contribution in [-0.2, 0) is 6.61 Å². The standard InChI is InChI=1S/C23H19ClN2O3/c1-15-12-20(16(2)28-15)22-25-26-23(29-22)21(24)13-17-8-10-19(11-9-17)27-14-18-6-4-3-5-7-18/h3-13H,14H2,1-2H3/b21-13-.